The Balaban J connectivity index is 2.11. The van der Waals surface area contributed by atoms with Crippen LogP contribution in [-0.2, 0) is 4.79 Å². The van der Waals surface area contributed by atoms with Gasteiger partial charge in [0.05, 0.1) is 10.8 Å². The summed E-state index contributed by atoms with van der Waals surface area (Å²) in [5.41, 5.74) is 0.628. The van der Waals surface area contributed by atoms with Crippen molar-refractivity contribution in [1.29, 1.82) is 0 Å². The standard InChI is InChI=1S/C13H15Cl2N5OS/c1-2-5-17-11(21)7-22-13-19-18-12(20(13)16)9-4-3-8(14)6-10(9)15/h3-4,6H,2,5,7,16H2,1H3,(H,17,21). The molecule has 2 rings (SSSR count). The van der Waals surface area contributed by atoms with E-state index in [9.17, 15) is 4.79 Å². The number of nitrogen functional groups attached to an aromatic ring is 1. The predicted molar refractivity (Wildman–Crippen MR) is 89.7 cm³/mol. The zero-order valence-electron chi connectivity index (χ0n) is 11.8. The third kappa shape index (κ3) is 4.06. The lowest BCUT2D eigenvalue weighted by Crippen LogP contribution is -2.26. The molecule has 22 heavy (non-hydrogen) atoms. The molecule has 6 nitrogen and oxygen atoms in total. The van der Waals surface area contributed by atoms with Gasteiger partial charge in [-0.25, -0.2) is 4.68 Å². The minimum atomic E-state index is -0.0686. The van der Waals surface area contributed by atoms with Gasteiger partial charge >= 0.3 is 0 Å². The van der Waals surface area contributed by atoms with Gasteiger partial charge in [-0.05, 0) is 24.6 Å². The molecule has 0 saturated carbocycles. The highest BCUT2D eigenvalue weighted by molar-refractivity contribution is 7.99. The number of nitrogens with zero attached hydrogens (tertiary/aromatic N) is 3. The molecule has 1 amide bonds. The number of nitrogens with one attached hydrogen (secondary N) is 1. The van der Waals surface area contributed by atoms with Gasteiger partial charge in [-0.2, -0.15) is 0 Å². The van der Waals surface area contributed by atoms with Crippen LogP contribution < -0.4 is 11.2 Å². The van der Waals surface area contributed by atoms with Gasteiger partial charge in [-0.3, -0.25) is 4.79 Å². The maximum absolute atomic E-state index is 11.6. The highest BCUT2D eigenvalue weighted by Gasteiger charge is 2.16. The van der Waals surface area contributed by atoms with Crippen LogP contribution >= 0.6 is 35.0 Å². The Morgan fingerprint density at radius 1 is 1.41 bits per heavy atom. The Morgan fingerprint density at radius 3 is 2.86 bits per heavy atom. The summed E-state index contributed by atoms with van der Waals surface area (Å²) < 4.78 is 1.31. The van der Waals surface area contributed by atoms with E-state index < -0.39 is 0 Å². The van der Waals surface area contributed by atoms with Gasteiger partial charge in [0.15, 0.2) is 5.82 Å². The number of halogens is 2. The number of hydrogen-bond donors (Lipinski definition) is 2. The van der Waals surface area contributed by atoms with E-state index in [0.717, 1.165) is 6.42 Å². The molecule has 2 aromatic rings. The van der Waals surface area contributed by atoms with E-state index in [1.807, 2.05) is 6.92 Å². The summed E-state index contributed by atoms with van der Waals surface area (Å²) in [6, 6.07) is 5.03. The molecule has 0 spiro atoms. The van der Waals surface area contributed by atoms with Crippen molar-refractivity contribution in [3.05, 3.63) is 28.2 Å². The lowest BCUT2D eigenvalue weighted by Gasteiger charge is -2.06. The molecule has 1 aromatic carbocycles. The molecule has 1 aromatic heterocycles. The maximum Gasteiger partial charge on any atom is 0.230 e. The van der Waals surface area contributed by atoms with Crippen molar-refractivity contribution in [2.24, 2.45) is 0 Å². The third-order valence-corrected chi connectivity index (χ3v) is 4.23. The molecule has 0 aliphatic carbocycles. The van der Waals surface area contributed by atoms with Crippen LogP contribution in [0.1, 0.15) is 13.3 Å². The molecule has 0 fully saturated rings. The Labute approximate surface area is 142 Å². The normalized spacial score (nSPS) is 10.7. The van der Waals surface area contributed by atoms with E-state index in [-0.39, 0.29) is 11.7 Å². The summed E-state index contributed by atoms with van der Waals surface area (Å²) in [7, 11) is 0. The zero-order valence-corrected chi connectivity index (χ0v) is 14.2. The van der Waals surface area contributed by atoms with Crippen molar-refractivity contribution < 1.29 is 4.79 Å². The molecule has 0 bridgehead atoms. The molecule has 0 saturated heterocycles. The molecule has 3 N–H and O–H groups in total. The molecular weight excluding hydrogens is 345 g/mol. The van der Waals surface area contributed by atoms with Crippen molar-refractivity contribution in [3.8, 4) is 11.4 Å². The van der Waals surface area contributed by atoms with Crippen LogP contribution in [0, 0.1) is 0 Å². The van der Waals surface area contributed by atoms with Gasteiger partial charge in [0.25, 0.3) is 0 Å². The van der Waals surface area contributed by atoms with E-state index in [0.29, 0.717) is 33.1 Å². The van der Waals surface area contributed by atoms with E-state index >= 15 is 0 Å². The average molecular weight is 360 g/mol. The van der Waals surface area contributed by atoms with Crippen LogP contribution in [0.25, 0.3) is 11.4 Å². The molecule has 0 atom stereocenters. The topological polar surface area (TPSA) is 85.8 Å². The number of carbonyl (C=O) groups is 1. The van der Waals surface area contributed by atoms with E-state index in [4.69, 9.17) is 29.0 Å². The quantitative estimate of drug-likeness (QED) is 0.611. The third-order valence-electron chi connectivity index (χ3n) is 2.74. The second kappa shape index (κ2) is 7.71. The van der Waals surface area contributed by atoms with Gasteiger partial charge in [-0.15, -0.1) is 10.2 Å². The molecule has 9 heteroatoms. The minimum Gasteiger partial charge on any atom is -0.355 e. The minimum absolute atomic E-state index is 0.0686. The lowest BCUT2D eigenvalue weighted by atomic mass is 10.2. The number of carbonyl (C=O) groups excluding carboxylic acids is 1. The van der Waals surface area contributed by atoms with E-state index in [1.165, 1.54) is 16.4 Å². The molecule has 0 radical (unpaired) electrons. The summed E-state index contributed by atoms with van der Waals surface area (Å²) in [4.78, 5) is 11.6. The first-order valence-corrected chi connectivity index (χ1v) is 8.32. The van der Waals surface area contributed by atoms with Crippen LogP contribution in [0.2, 0.25) is 10.0 Å². The maximum atomic E-state index is 11.6. The smallest absolute Gasteiger partial charge is 0.230 e. The van der Waals surface area contributed by atoms with Crippen molar-refractivity contribution in [2.45, 2.75) is 18.5 Å². The second-order valence-corrected chi connectivity index (χ2v) is 6.23. The highest BCUT2D eigenvalue weighted by Crippen LogP contribution is 2.30. The Bertz CT molecular complexity index is 676. The van der Waals surface area contributed by atoms with Crippen molar-refractivity contribution in [2.75, 3.05) is 18.1 Å². The monoisotopic (exact) mass is 359 g/mol. The first-order chi connectivity index (χ1) is 10.5. The zero-order chi connectivity index (χ0) is 16.1. The fraction of sp³-hybridized carbons (Fsp3) is 0.308. The van der Waals surface area contributed by atoms with Gasteiger partial charge in [0, 0.05) is 17.1 Å². The summed E-state index contributed by atoms with van der Waals surface area (Å²) in [6.07, 6.45) is 0.892. The lowest BCUT2D eigenvalue weighted by molar-refractivity contribution is -0.118. The number of hydrogen-bond acceptors (Lipinski definition) is 5. The van der Waals surface area contributed by atoms with Gasteiger partial charge in [0.2, 0.25) is 11.1 Å². The average Bonchev–Trinajstić information content (AvgIpc) is 2.84. The Kier molecular flexibility index (Phi) is 5.93. The van der Waals surface area contributed by atoms with Crippen LogP contribution in [0.3, 0.4) is 0 Å². The number of rotatable bonds is 6. The largest absolute Gasteiger partial charge is 0.355 e. The van der Waals surface area contributed by atoms with Crippen LogP contribution in [-0.4, -0.2) is 33.1 Å². The van der Waals surface area contributed by atoms with Crippen LogP contribution in [0.15, 0.2) is 23.4 Å². The number of benzene rings is 1. The summed E-state index contributed by atoms with van der Waals surface area (Å²) in [5.74, 6) is 6.55. The Hall–Kier alpha value is -1.44. The summed E-state index contributed by atoms with van der Waals surface area (Å²) in [5, 5.41) is 12.2. The molecule has 0 aliphatic heterocycles. The number of aromatic nitrogens is 3. The SMILES string of the molecule is CCCNC(=O)CSc1nnc(-c2ccc(Cl)cc2Cl)n1N. The van der Waals surface area contributed by atoms with Gasteiger partial charge < -0.3 is 11.2 Å². The number of thioether (sulfide) groups is 1. The van der Waals surface area contributed by atoms with Crippen LogP contribution in [0.5, 0.6) is 0 Å². The van der Waals surface area contributed by atoms with Gasteiger partial charge in [-0.1, -0.05) is 41.9 Å². The number of amides is 1. The molecule has 1 heterocycles. The molecule has 0 aliphatic rings. The van der Waals surface area contributed by atoms with Crippen LogP contribution in [0.4, 0.5) is 0 Å². The highest BCUT2D eigenvalue weighted by atomic mass is 35.5. The second-order valence-electron chi connectivity index (χ2n) is 4.44. The first kappa shape index (κ1) is 16.9. The summed E-state index contributed by atoms with van der Waals surface area (Å²) >= 11 is 13.2. The fourth-order valence-electron chi connectivity index (χ4n) is 1.68. The first-order valence-electron chi connectivity index (χ1n) is 6.58. The van der Waals surface area contributed by atoms with E-state index in [1.54, 1.807) is 18.2 Å². The van der Waals surface area contributed by atoms with E-state index in [2.05, 4.69) is 15.5 Å². The Morgan fingerprint density at radius 2 is 2.18 bits per heavy atom. The number of nitrogens with two attached hydrogens (primary N) is 1. The molecule has 118 valence electrons. The predicted octanol–water partition coefficient (Wildman–Crippen LogP) is 2.58. The van der Waals surface area contributed by atoms with Crippen molar-refractivity contribution in [3.63, 3.8) is 0 Å². The fourth-order valence-corrected chi connectivity index (χ4v) is 2.85. The molecular formula is C13H15Cl2N5OS. The van der Waals surface area contributed by atoms with Gasteiger partial charge in [0.1, 0.15) is 0 Å². The summed E-state index contributed by atoms with van der Waals surface area (Å²) in [6.45, 7) is 2.65. The molecule has 0 unspecified atom stereocenters. The van der Waals surface area contributed by atoms with Crippen molar-refractivity contribution in [1.82, 2.24) is 20.2 Å². The van der Waals surface area contributed by atoms with Crippen molar-refractivity contribution >= 4 is 40.9 Å².